The normalized spacial score (nSPS) is 40.3. The van der Waals surface area contributed by atoms with Crippen LogP contribution < -0.4 is 5.32 Å². The number of nitrogens with one attached hydrogen (secondary N) is 1. The molecule has 4 aliphatic rings. The Morgan fingerprint density at radius 2 is 1.58 bits per heavy atom. The molecule has 0 aromatic carbocycles. The first-order valence-electron chi connectivity index (χ1n) is 6.85. The zero-order valence-electron chi connectivity index (χ0n) is 10.6. The fourth-order valence-electron chi connectivity index (χ4n) is 4.66. The summed E-state index contributed by atoms with van der Waals surface area (Å²) in [5, 5.41) is 2.74. The average Bonchev–Trinajstić information content (AvgIpc) is 2.22. The first-order valence-corrected chi connectivity index (χ1v) is 6.85. The Kier molecular flexibility index (Phi) is 2.94. The van der Waals surface area contributed by atoms with Crippen LogP contribution in [-0.2, 0) is 4.74 Å². The smallest absolute Gasteiger partial charge is 0.422 e. The van der Waals surface area contributed by atoms with Crippen LogP contribution in [0.3, 0.4) is 0 Å². The van der Waals surface area contributed by atoms with Crippen LogP contribution in [0.5, 0.6) is 0 Å². The molecular formula is C13H18F3NO2. The van der Waals surface area contributed by atoms with Crippen molar-refractivity contribution in [3.8, 4) is 0 Å². The number of amides is 1. The summed E-state index contributed by atoms with van der Waals surface area (Å²) in [6.45, 7) is -1.51. The third kappa shape index (κ3) is 2.82. The first kappa shape index (κ1) is 13.1. The second-order valence-corrected chi connectivity index (χ2v) is 6.51. The highest BCUT2D eigenvalue weighted by molar-refractivity contribution is 5.68. The minimum atomic E-state index is -4.46. The molecule has 0 atom stereocenters. The van der Waals surface area contributed by atoms with E-state index in [1.807, 2.05) is 0 Å². The second kappa shape index (κ2) is 4.28. The molecule has 3 nitrogen and oxygen atoms in total. The van der Waals surface area contributed by atoms with Gasteiger partial charge in [0.2, 0.25) is 0 Å². The molecule has 4 aliphatic carbocycles. The highest BCUT2D eigenvalue weighted by Gasteiger charge is 2.51. The van der Waals surface area contributed by atoms with E-state index in [-0.39, 0.29) is 5.54 Å². The Hall–Kier alpha value is -0.940. The molecule has 0 aliphatic heterocycles. The highest BCUT2D eigenvalue weighted by Crippen LogP contribution is 2.55. The number of hydrogen-bond donors (Lipinski definition) is 1. The van der Waals surface area contributed by atoms with Gasteiger partial charge in [-0.25, -0.2) is 4.79 Å². The topological polar surface area (TPSA) is 38.3 Å². The number of ether oxygens (including phenoxy) is 1. The van der Waals surface area contributed by atoms with Crippen molar-refractivity contribution in [2.45, 2.75) is 50.2 Å². The van der Waals surface area contributed by atoms with E-state index < -0.39 is 18.9 Å². The van der Waals surface area contributed by atoms with Crippen LogP contribution in [0.2, 0.25) is 0 Å². The van der Waals surface area contributed by atoms with Crippen molar-refractivity contribution in [2.24, 2.45) is 17.8 Å². The Morgan fingerprint density at radius 3 is 2.00 bits per heavy atom. The van der Waals surface area contributed by atoms with Crippen LogP contribution in [0.4, 0.5) is 18.0 Å². The van der Waals surface area contributed by atoms with Gasteiger partial charge in [0.1, 0.15) is 0 Å². The number of carbonyl (C=O) groups is 1. The van der Waals surface area contributed by atoms with Crippen LogP contribution >= 0.6 is 0 Å². The molecular weight excluding hydrogens is 259 g/mol. The summed E-state index contributed by atoms with van der Waals surface area (Å²) in [4.78, 5) is 11.5. The second-order valence-electron chi connectivity index (χ2n) is 6.51. The lowest BCUT2D eigenvalue weighted by Crippen LogP contribution is -2.60. The van der Waals surface area contributed by atoms with Gasteiger partial charge in [-0.15, -0.1) is 0 Å². The zero-order chi connectivity index (χ0) is 13.7. The standard InChI is InChI=1S/C13H18F3NO2/c14-13(15,16)7-19-11(18)17-12-4-8-1-9(5-12)3-10(2-8)6-12/h8-10H,1-7H2,(H,17,18). The molecule has 4 rings (SSSR count). The van der Waals surface area contributed by atoms with Crippen molar-refractivity contribution < 1.29 is 22.7 Å². The van der Waals surface area contributed by atoms with Crippen LogP contribution in [0.15, 0.2) is 0 Å². The first-order chi connectivity index (χ1) is 8.84. The summed E-state index contributed by atoms with van der Waals surface area (Å²) in [5.74, 6) is 1.90. The molecule has 108 valence electrons. The Balaban J connectivity index is 1.59. The quantitative estimate of drug-likeness (QED) is 0.841. The van der Waals surface area contributed by atoms with Gasteiger partial charge in [0, 0.05) is 5.54 Å². The summed E-state index contributed by atoms with van der Waals surface area (Å²) >= 11 is 0. The number of alkyl carbamates (subject to hydrolysis) is 1. The van der Waals surface area contributed by atoms with E-state index in [9.17, 15) is 18.0 Å². The number of hydrogen-bond acceptors (Lipinski definition) is 2. The molecule has 0 saturated heterocycles. The van der Waals surface area contributed by atoms with Gasteiger partial charge in [0.25, 0.3) is 0 Å². The monoisotopic (exact) mass is 277 g/mol. The molecule has 0 radical (unpaired) electrons. The van der Waals surface area contributed by atoms with Crippen LogP contribution in [-0.4, -0.2) is 24.4 Å². The molecule has 0 heterocycles. The highest BCUT2D eigenvalue weighted by atomic mass is 19.4. The van der Waals surface area contributed by atoms with Gasteiger partial charge in [0.15, 0.2) is 6.61 Å². The summed E-state index contributed by atoms with van der Waals surface area (Å²) in [6.07, 6.45) is 0.994. The number of rotatable bonds is 2. The van der Waals surface area contributed by atoms with Crippen molar-refractivity contribution >= 4 is 6.09 Å². The van der Waals surface area contributed by atoms with E-state index in [4.69, 9.17) is 0 Å². The molecule has 19 heavy (non-hydrogen) atoms. The zero-order valence-corrected chi connectivity index (χ0v) is 10.6. The van der Waals surface area contributed by atoms with Gasteiger partial charge in [-0.1, -0.05) is 0 Å². The lowest BCUT2D eigenvalue weighted by Gasteiger charge is -2.56. The lowest BCUT2D eigenvalue weighted by molar-refractivity contribution is -0.161. The van der Waals surface area contributed by atoms with E-state index in [2.05, 4.69) is 10.1 Å². The number of halogens is 3. The molecule has 0 aromatic heterocycles. The van der Waals surface area contributed by atoms with E-state index in [0.717, 1.165) is 19.3 Å². The minimum absolute atomic E-state index is 0.294. The Bertz CT molecular complexity index is 345. The van der Waals surface area contributed by atoms with Gasteiger partial charge in [-0.2, -0.15) is 13.2 Å². The fraction of sp³-hybridized carbons (Fsp3) is 0.923. The maximum absolute atomic E-state index is 12.0. The maximum Gasteiger partial charge on any atom is 0.422 e. The van der Waals surface area contributed by atoms with E-state index in [1.54, 1.807) is 0 Å². The summed E-state index contributed by atoms with van der Waals surface area (Å²) in [6, 6.07) is 0. The largest absolute Gasteiger partial charge is 0.440 e. The molecule has 0 unspecified atom stereocenters. The predicted octanol–water partition coefficient (Wildman–Crippen LogP) is 3.24. The third-order valence-electron chi connectivity index (χ3n) is 4.77. The lowest BCUT2D eigenvalue weighted by atomic mass is 9.53. The number of alkyl halides is 3. The van der Waals surface area contributed by atoms with E-state index in [0.29, 0.717) is 17.8 Å². The summed E-state index contributed by atoms with van der Waals surface area (Å²) in [5.41, 5.74) is -0.294. The molecule has 4 fully saturated rings. The molecule has 0 aromatic rings. The SMILES string of the molecule is O=C(NC12CC3CC(CC(C3)C1)C2)OCC(F)(F)F. The molecule has 4 bridgehead atoms. The molecule has 6 heteroatoms. The van der Waals surface area contributed by atoms with Crippen LogP contribution in [0, 0.1) is 17.8 Å². The van der Waals surface area contributed by atoms with E-state index >= 15 is 0 Å². The fourth-order valence-corrected chi connectivity index (χ4v) is 4.66. The molecule has 4 saturated carbocycles. The van der Waals surface area contributed by atoms with Gasteiger partial charge < -0.3 is 10.1 Å². The van der Waals surface area contributed by atoms with Crippen molar-refractivity contribution in [3.05, 3.63) is 0 Å². The minimum Gasteiger partial charge on any atom is -0.440 e. The van der Waals surface area contributed by atoms with Crippen molar-refractivity contribution in [1.82, 2.24) is 5.32 Å². The third-order valence-corrected chi connectivity index (χ3v) is 4.77. The maximum atomic E-state index is 12.0. The van der Waals surface area contributed by atoms with Gasteiger partial charge >= 0.3 is 12.3 Å². The van der Waals surface area contributed by atoms with E-state index in [1.165, 1.54) is 19.3 Å². The van der Waals surface area contributed by atoms with Gasteiger partial charge in [0.05, 0.1) is 0 Å². The average molecular weight is 277 g/mol. The number of carbonyl (C=O) groups excluding carboxylic acids is 1. The van der Waals surface area contributed by atoms with Crippen molar-refractivity contribution in [3.63, 3.8) is 0 Å². The van der Waals surface area contributed by atoms with Gasteiger partial charge in [-0.3, -0.25) is 0 Å². The van der Waals surface area contributed by atoms with Crippen molar-refractivity contribution in [1.29, 1.82) is 0 Å². The van der Waals surface area contributed by atoms with Crippen LogP contribution in [0.25, 0.3) is 0 Å². The molecule has 0 spiro atoms. The molecule has 1 N–H and O–H groups in total. The summed E-state index contributed by atoms with van der Waals surface area (Å²) in [7, 11) is 0. The van der Waals surface area contributed by atoms with Crippen LogP contribution in [0.1, 0.15) is 38.5 Å². The van der Waals surface area contributed by atoms with Crippen molar-refractivity contribution in [2.75, 3.05) is 6.61 Å². The predicted molar refractivity (Wildman–Crippen MR) is 61.4 cm³/mol. The Morgan fingerprint density at radius 1 is 1.11 bits per heavy atom. The summed E-state index contributed by atoms with van der Waals surface area (Å²) < 4.78 is 40.3. The Labute approximate surface area is 109 Å². The van der Waals surface area contributed by atoms with Gasteiger partial charge in [-0.05, 0) is 56.3 Å². The molecule has 1 amide bonds.